The van der Waals surface area contributed by atoms with E-state index in [0.29, 0.717) is 25.4 Å². The fourth-order valence-electron chi connectivity index (χ4n) is 2.14. The maximum atomic E-state index is 12.3. The average molecular weight is 329 g/mol. The second-order valence-electron chi connectivity index (χ2n) is 4.42. The van der Waals surface area contributed by atoms with Crippen molar-refractivity contribution in [1.29, 1.82) is 0 Å². The van der Waals surface area contributed by atoms with Crippen molar-refractivity contribution in [2.24, 2.45) is 0 Å². The summed E-state index contributed by atoms with van der Waals surface area (Å²) in [6.45, 7) is 1.74. The van der Waals surface area contributed by atoms with Crippen LogP contribution in [0.1, 0.15) is 23.3 Å². The molecule has 0 bridgehead atoms. The zero-order chi connectivity index (χ0) is 13.7. The summed E-state index contributed by atoms with van der Waals surface area (Å²) in [7, 11) is 0. The van der Waals surface area contributed by atoms with E-state index in [2.05, 4.69) is 20.9 Å². The number of pyridine rings is 1. The third kappa shape index (κ3) is 3.75. The Kier molecular flexibility index (Phi) is 5.30. The van der Waals surface area contributed by atoms with Crippen LogP contribution in [0.4, 0.5) is 0 Å². The van der Waals surface area contributed by atoms with Crippen molar-refractivity contribution < 1.29 is 14.6 Å². The van der Waals surface area contributed by atoms with Gasteiger partial charge >= 0.3 is 0 Å². The number of carbonyl (C=O) groups excluding carboxylic acids is 1. The van der Waals surface area contributed by atoms with Gasteiger partial charge in [-0.15, -0.1) is 0 Å². The number of amides is 1. The van der Waals surface area contributed by atoms with Crippen LogP contribution in [0.5, 0.6) is 0 Å². The van der Waals surface area contributed by atoms with E-state index in [1.165, 1.54) is 0 Å². The van der Waals surface area contributed by atoms with E-state index < -0.39 is 0 Å². The Morgan fingerprint density at radius 3 is 2.89 bits per heavy atom. The molecule has 19 heavy (non-hydrogen) atoms. The number of halogens is 1. The molecule has 1 aromatic rings. The number of likely N-dealkylation sites (tertiary alicyclic amines) is 1. The van der Waals surface area contributed by atoms with Crippen LogP contribution in [0.15, 0.2) is 22.8 Å². The van der Waals surface area contributed by atoms with Crippen LogP contribution in [0.3, 0.4) is 0 Å². The van der Waals surface area contributed by atoms with E-state index in [1.807, 2.05) is 6.07 Å². The number of aliphatic hydroxyl groups is 1. The second kappa shape index (κ2) is 6.98. The molecule has 1 aliphatic heterocycles. The third-order valence-corrected chi connectivity index (χ3v) is 3.77. The van der Waals surface area contributed by atoms with Gasteiger partial charge in [0.1, 0.15) is 5.69 Å². The maximum absolute atomic E-state index is 12.3. The van der Waals surface area contributed by atoms with Gasteiger partial charge in [0, 0.05) is 23.8 Å². The fourth-order valence-corrected chi connectivity index (χ4v) is 2.56. The molecule has 104 valence electrons. The lowest BCUT2D eigenvalue weighted by atomic mass is 10.1. The van der Waals surface area contributed by atoms with Gasteiger partial charge in [0.25, 0.3) is 5.91 Å². The van der Waals surface area contributed by atoms with Gasteiger partial charge in [0.15, 0.2) is 0 Å². The quantitative estimate of drug-likeness (QED) is 0.908. The largest absolute Gasteiger partial charge is 0.394 e. The van der Waals surface area contributed by atoms with E-state index >= 15 is 0 Å². The van der Waals surface area contributed by atoms with Gasteiger partial charge in [-0.1, -0.05) is 0 Å². The monoisotopic (exact) mass is 328 g/mol. The summed E-state index contributed by atoms with van der Waals surface area (Å²) in [5, 5.41) is 8.71. The van der Waals surface area contributed by atoms with Crippen molar-refractivity contribution in [2.75, 3.05) is 26.3 Å². The molecule has 6 heteroatoms. The summed E-state index contributed by atoms with van der Waals surface area (Å²) in [5.74, 6) is -0.0481. The highest BCUT2D eigenvalue weighted by Gasteiger charge is 2.25. The molecule has 1 aromatic heterocycles. The molecule has 1 saturated heterocycles. The number of piperidine rings is 1. The summed E-state index contributed by atoms with van der Waals surface area (Å²) in [5.41, 5.74) is 0.456. The third-order valence-electron chi connectivity index (χ3n) is 3.14. The van der Waals surface area contributed by atoms with Crippen LogP contribution in [0, 0.1) is 0 Å². The number of hydrogen-bond acceptors (Lipinski definition) is 4. The Balaban J connectivity index is 1.91. The Hall–Kier alpha value is -0.980. The van der Waals surface area contributed by atoms with Crippen molar-refractivity contribution in [2.45, 2.75) is 18.9 Å². The first kappa shape index (κ1) is 14.4. The molecule has 2 rings (SSSR count). The van der Waals surface area contributed by atoms with Crippen LogP contribution in [0.2, 0.25) is 0 Å². The smallest absolute Gasteiger partial charge is 0.273 e. The lowest BCUT2D eigenvalue weighted by Crippen LogP contribution is -2.41. The number of carbonyl (C=O) groups is 1. The van der Waals surface area contributed by atoms with Crippen molar-refractivity contribution >= 4 is 21.8 Å². The molecule has 1 amide bonds. The maximum Gasteiger partial charge on any atom is 0.273 e. The summed E-state index contributed by atoms with van der Waals surface area (Å²) in [4.78, 5) is 18.2. The molecule has 0 aromatic carbocycles. The predicted molar refractivity (Wildman–Crippen MR) is 73.9 cm³/mol. The SMILES string of the molecule is O=C(c1ncccc1Br)N1CCC(OCCO)CC1. The van der Waals surface area contributed by atoms with Crippen LogP contribution in [0.25, 0.3) is 0 Å². The molecule has 5 nitrogen and oxygen atoms in total. The number of ether oxygens (including phenoxy) is 1. The predicted octanol–water partition coefficient (Wildman–Crippen LogP) is 1.46. The Labute approximate surface area is 120 Å². The molecular weight excluding hydrogens is 312 g/mol. The summed E-state index contributed by atoms with van der Waals surface area (Å²) >= 11 is 3.35. The molecule has 1 aliphatic rings. The summed E-state index contributed by atoms with van der Waals surface area (Å²) in [6, 6.07) is 3.60. The molecular formula is C13H17BrN2O3. The van der Waals surface area contributed by atoms with Crippen molar-refractivity contribution in [1.82, 2.24) is 9.88 Å². The Morgan fingerprint density at radius 1 is 1.53 bits per heavy atom. The van der Waals surface area contributed by atoms with Crippen molar-refractivity contribution in [3.8, 4) is 0 Å². The highest BCUT2D eigenvalue weighted by Crippen LogP contribution is 2.19. The molecule has 1 fully saturated rings. The van der Waals surface area contributed by atoms with Gasteiger partial charge in [-0.3, -0.25) is 4.79 Å². The number of hydrogen-bond donors (Lipinski definition) is 1. The van der Waals surface area contributed by atoms with Gasteiger partial charge in [-0.05, 0) is 40.9 Å². The molecule has 0 unspecified atom stereocenters. The first-order valence-electron chi connectivity index (χ1n) is 6.34. The molecule has 0 saturated carbocycles. The molecule has 0 aliphatic carbocycles. The van der Waals surface area contributed by atoms with E-state index in [-0.39, 0.29) is 18.6 Å². The van der Waals surface area contributed by atoms with Crippen LogP contribution < -0.4 is 0 Å². The number of aliphatic hydroxyl groups excluding tert-OH is 1. The van der Waals surface area contributed by atoms with E-state index in [4.69, 9.17) is 9.84 Å². The first-order valence-corrected chi connectivity index (χ1v) is 7.14. The standard InChI is InChI=1S/C13H17BrN2O3/c14-11-2-1-5-15-12(11)13(18)16-6-3-10(4-7-16)19-9-8-17/h1-2,5,10,17H,3-4,6-9H2. The zero-order valence-corrected chi connectivity index (χ0v) is 12.2. The van der Waals surface area contributed by atoms with Gasteiger partial charge < -0.3 is 14.7 Å². The molecule has 1 N–H and O–H groups in total. The lowest BCUT2D eigenvalue weighted by Gasteiger charge is -2.31. The number of aromatic nitrogens is 1. The number of nitrogens with zero attached hydrogens (tertiary/aromatic N) is 2. The first-order chi connectivity index (χ1) is 9.22. The zero-order valence-electron chi connectivity index (χ0n) is 10.6. The topological polar surface area (TPSA) is 62.7 Å². The van der Waals surface area contributed by atoms with Crippen molar-refractivity contribution in [3.63, 3.8) is 0 Å². The number of rotatable bonds is 4. The normalized spacial score (nSPS) is 16.6. The second-order valence-corrected chi connectivity index (χ2v) is 5.27. The van der Waals surface area contributed by atoms with Gasteiger partial charge in [-0.25, -0.2) is 4.98 Å². The minimum atomic E-state index is -0.0481. The average Bonchev–Trinajstić information content (AvgIpc) is 2.45. The van der Waals surface area contributed by atoms with E-state index in [0.717, 1.165) is 17.3 Å². The molecule has 0 spiro atoms. The summed E-state index contributed by atoms with van der Waals surface area (Å²) < 4.78 is 6.20. The van der Waals surface area contributed by atoms with Crippen LogP contribution in [-0.2, 0) is 4.74 Å². The van der Waals surface area contributed by atoms with Crippen LogP contribution in [-0.4, -0.2) is 53.3 Å². The highest BCUT2D eigenvalue weighted by molar-refractivity contribution is 9.10. The Morgan fingerprint density at radius 2 is 2.26 bits per heavy atom. The minimum absolute atomic E-state index is 0.0417. The summed E-state index contributed by atoms with van der Waals surface area (Å²) in [6.07, 6.45) is 3.37. The minimum Gasteiger partial charge on any atom is -0.394 e. The van der Waals surface area contributed by atoms with Gasteiger partial charge in [-0.2, -0.15) is 0 Å². The molecule has 0 radical (unpaired) electrons. The Bertz CT molecular complexity index is 434. The molecule has 2 heterocycles. The van der Waals surface area contributed by atoms with Crippen molar-refractivity contribution in [3.05, 3.63) is 28.5 Å². The molecule has 0 atom stereocenters. The fraction of sp³-hybridized carbons (Fsp3) is 0.538. The van der Waals surface area contributed by atoms with Gasteiger partial charge in [0.05, 0.1) is 19.3 Å². The lowest BCUT2D eigenvalue weighted by molar-refractivity contribution is -0.00566. The van der Waals surface area contributed by atoms with Crippen LogP contribution >= 0.6 is 15.9 Å². The highest BCUT2D eigenvalue weighted by atomic mass is 79.9. The van der Waals surface area contributed by atoms with E-state index in [9.17, 15) is 4.79 Å². The van der Waals surface area contributed by atoms with Gasteiger partial charge in [0.2, 0.25) is 0 Å². The van der Waals surface area contributed by atoms with E-state index in [1.54, 1.807) is 17.2 Å².